The van der Waals surface area contributed by atoms with Gasteiger partial charge in [-0.3, -0.25) is 0 Å². The molecular weight excluding hydrogens is 256 g/mol. The number of hydrogen-bond donors (Lipinski definition) is 1. The van der Waals surface area contributed by atoms with Crippen LogP contribution in [0.25, 0.3) is 0 Å². The lowest BCUT2D eigenvalue weighted by atomic mass is 9.96. The minimum Gasteiger partial charge on any atom is -0.377 e. The average molecular weight is 274 g/mol. The SMILES string of the molecule is CNc1snnc1CN1c2ccccc2CCC1C. The Morgan fingerprint density at radius 1 is 1.42 bits per heavy atom. The lowest BCUT2D eigenvalue weighted by molar-refractivity contribution is 0.556. The van der Waals surface area contributed by atoms with Crippen LogP contribution in [0, 0.1) is 0 Å². The molecule has 0 amide bonds. The van der Waals surface area contributed by atoms with Crippen LogP contribution in [-0.4, -0.2) is 22.7 Å². The molecule has 0 fully saturated rings. The van der Waals surface area contributed by atoms with Gasteiger partial charge in [0.1, 0.15) is 10.7 Å². The fourth-order valence-corrected chi connectivity index (χ4v) is 3.19. The van der Waals surface area contributed by atoms with Crippen molar-refractivity contribution < 1.29 is 0 Å². The molecule has 0 saturated heterocycles. The van der Waals surface area contributed by atoms with Crippen LogP contribution in [0.5, 0.6) is 0 Å². The quantitative estimate of drug-likeness (QED) is 0.934. The van der Waals surface area contributed by atoms with E-state index < -0.39 is 0 Å². The van der Waals surface area contributed by atoms with E-state index in [-0.39, 0.29) is 0 Å². The fourth-order valence-electron chi connectivity index (χ4n) is 2.66. The van der Waals surface area contributed by atoms with Crippen LogP contribution >= 0.6 is 11.5 Å². The zero-order chi connectivity index (χ0) is 13.2. The standard InChI is InChI=1S/C14H18N4S/c1-10-7-8-11-5-3-4-6-13(11)18(10)9-12-14(15-2)19-17-16-12/h3-6,10,15H,7-9H2,1-2H3. The van der Waals surface area contributed by atoms with Gasteiger partial charge in [-0.25, -0.2) is 0 Å². The highest BCUT2D eigenvalue weighted by Gasteiger charge is 2.24. The van der Waals surface area contributed by atoms with Gasteiger partial charge in [0.15, 0.2) is 0 Å². The van der Waals surface area contributed by atoms with Crippen molar-refractivity contribution in [2.45, 2.75) is 32.4 Å². The van der Waals surface area contributed by atoms with Gasteiger partial charge in [-0.05, 0) is 31.4 Å². The lowest BCUT2D eigenvalue weighted by Crippen LogP contribution is -2.36. The van der Waals surface area contributed by atoms with E-state index in [0.717, 1.165) is 17.2 Å². The maximum atomic E-state index is 4.25. The first-order valence-corrected chi connectivity index (χ1v) is 7.40. The third kappa shape index (κ3) is 2.30. The second-order valence-corrected chi connectivity index (χ2v) is 5.70. The zero-order valence-electron chi connectivity index (χ0n) is 11.3. The summed E-state index contributed by atoms with van der Waals surface area (Å²) >= 11 is 1.42. The molecule has 0 spiro atoms. The van der Waals surface area contributed by atoms with Crippen LogP contribution < -0.4 is 10.2 Å². The molecule has 1 N–H and O–H groups in total. The highest BCUT2D eigenvalue weighted by molar-refractivity contribution is 7.10. The second-order valence-electron chi connectivity index (χ2n) is 4.94. The Morgan fingerprint density at radius 3 is 3.11 bits per heavy atom. The largest absolute Gasteiger partial charge is 0.377 e. The van der Waals surface area contributed by atoms with Crippen molar-refractivity contribution in [3.05, 3.63) is 35.5 Å². The molecule has 2 aromatic rings. The van der Waals surface area contributed by atoms with Gasteiger partial charge in [0.2, 0.25) is 0 Å². The highest BCUT2D eigenvalue weighted by atomic mass is 32.1. The minimum atomic E-state index is 0.543. The molecule has 19 heavy (non-hydrogen) atoms. The van der Waals surface area contributed by atoms with E-state index in [4.69, 9.17) is 0 Å². The normalized spacial score (nSPS) is 18.2. The third-order valence-corrected chi connectivity index (χ3v) is 4.55. The number of nitrogens with zero attached hydrogens (tertiary/aromatic N) is 3. The Labute approximate surface area is 117 Å². The van der Waals surface area contributed by atoms with E-state index in [1.165, 1.54) is 35.6 Å². The summed E-state index contributed by atoms with van der Waals surface area (Å²) in [6.45, 7) is 3.11. The molecule has 1 unspecified atom stereocenters. The number of anilines is 2. The number of aryl methyl sites for hydroxylation is 1. The van der Waals surface area contributed by atoms with Gasteiger partial charge >= 0.3 is 0 Å². The van der Waals surface area contributed by atoms with Crippen molar-refractivity contribution >= 4 is 22.2 Å². The first kappa shape index (κ1) is 12.4. The zero-order valence-corrected chi connectivity index (χ0v) is 12.1. The molecule has 0 saturated carbocycles. The van der Waals surface area contributed by atoms with Gasteiger partial charge in [0.25, 0.3) is 0 Å². The van der Waals surface area contributed by atoms with Crippen LogP contribution in [-0.2, 0) is 13.0 Å². The molecular formula is C14H18N4S. The number of para-hydroxylation sites is 1. The van der Waals surface area contributed by atoms with Gasteiger partial charge in [0.05, 0.1) is 6.54 Å². The first-order chi connectivity index (χ1) is 9.29. The van der Waals surface area contributed by atoms with Crippen molar-refractivity contribution in [1.82, 2.24) is 9.59 Å². The number of fused-ring (bicyclic) bond motifs is 1. The maximum Gasteiger partial charge on any atom is 0.134 e. The summed E-state index contributed by atoms with van der Waals surface area (Å²) in [5.41, 5.74) is 3.82. The Morgan fingerprint density at radius 2 is 2.26 bits per heavy atom. The predicted molar refractivity (Wildman–Crippen MR) is 79.9 cm³/mol. The third-order valence-electron chi connectivity index (χ3n) is 3.77. The van der Waals surface area contributed by atoms with E-state index in [1.54, 1.807) is 0 Å². The van der Waals surface area contributed by atoms with Gasteiger partial charge in [-0.15, -0.1) is 5.10 Å². The summed E-state index contributed by atoms with van der Waals surface area (Å²) < 4.78 is 4.04. The monoisotopic (exact) mass is 274 g/mol. The molecule has 1 aromatic heterocycles. The summed E-state index contributed by atoms with van der Waals surface area (Å²) in [6.07, 6.45) is 2.37. The van der Waals surface area contributed by atoms with E-state index in [1.807, 2.05) is 7.05 Å². The summed E-state index contributed by atoms with van der Waals surface area (Å²) in [4.78, 5) is 2.44. The van der Waals surface area contributed by atoms with Crippen LogP contribution in [0.2, 0.25) is 0 Å². The van der Waals surface area contributed by atoms with E-state index in [0.29, 0.717) is 6.04 Å². The van der Waals surface area contributed by atoms with Gasteiger partial charge in [0, 0.05) is 30.3 Å². The number of rotatable bonds is 3. The molecule has 3 rings (SSSR count). The number of benzene rings is 1. The van der Waals surface area contributed by atoms with Crippen LogP contribution in [0.3, 0.4) is 0 Å². The van der Waals surface area contributed by atoms with Gasteiger partial charge in [-0.1, -0.05) is 22.7 Å². The lowest BCUT2D eigenvalue weighted by Gasteiger charge is -2.36. The average Bonchev–Trinajstić information content (AvgIpc) is 2.89. The molecule has 100 valence electrons. The van der Waals surface area contributed by atoms with Crippen LogP contribution in [0.4, 0.5) is 10.7 Å². The van der Waals surface area contributed by atoms with E-state index in [9.17, 15) is 0 Å². The predicted octanol–water partition coefficient (Wildman–Crippen LogP) is 2.92. The summed E-state index contributed by atoms with van der Waals surface area (Å²) in [6, 6.07) is 9.22. The molecule has 0 aliphatic carbocycles. The van der Waals surface area contributed by atoms with Crippen molar-refractivity contribution in [1.29, 1.82) is 0 Å². The van der Waals surface area contributed by atoms with Crippen LogP contribution in [0.1, 0.15) is 24.6 Å². The molecule has 1 aliphatic rings. The number of hydrogen-bond acceptors (Lipinski definition) is 5. The van der Waals surface area contributed by atoms with Gasteiger partial charge in [-0.2, -0.15) is 0 Å². The molecule has 1 aromatic carbocycles. The summed E-state index contributed by atoms with van der Waals surface area (Å²) in [5.74, 6) is 0. The van der Waals surface area contributed by atoms with Crippen molar-refractivity contribution in [3.8, 4) is 0 Å². The number of aromatic nitrogens is 2. The second kappa shape index (κ2) is 5.17. The summed E-state index contributed by atoms with van der Waals surface area (Å²) in [5, 5.41) is 8.49. The van der Waals surface area contributed by atoms with Crippen molar-refractivity contribution in [2.75, 3.05) is 17.3 Å². The van der Waals surface area contributed by atoms with E-state index in [2.05, 4.69) is 51.0 Å². The fraction of sp³-hybridized carbons (Fsp3) is 0.429. The Kier molecular flexibility index (Phi) is 3.38. The highest BCUT2D eigenvalue weighted by Crippen LogP contribution is 2.32. The minimum absolute atomic E-state index is 0.543. The first-order valence-electron chi connectivity index (χ1n) is 6.63. The Hall–Kier alpha value is -1.62. The van der Waals surface area contributed by atoms with Gasteiger partial charge < -0.3 is 10.2 Å². The van der Waals surface area contributed by atoms with Crippen molar-refractivity contribution in [2.24, 2.45) is 0 Å². The number of nitrogens with one attached hydrogen (secondary N) is 1. The molecule has 0 radical (unpaired) electrons. The smallest absolute Gasteiger partial charge is 0.134 e. The molecule has 5 heteroatoms. The Balaban J connectivity index is 1.92. The molecule has 1 aliphatic heterocycles. The topological polar surface area (TPSA) is 41.1 Å². The molecule has 0 bridgehead atoms. The summed E-state index contributed by atoms with van der Waals surface area (Å²) in [7, 11) is 1.92. The van der Waals surface area contributed by atoms with Crippen LogP contribution in [0.15, 0.2) is 24.3 Å². The molecule has 1 atom stereocenters. The molecule has 2 heterocycles. The van der Waals surface area contributed by atoms with E-state index >= 15 is 0 Å². The van der Waals surface area contributed by atoms with Crippen molar-refractivity contribution in [3.63, 3.8) is 0 Å². The Bertz CT molecular complexity index is 566. The maximum absolute atomic E-state index is 4.25. The molecule has 4 nitrogen and oxygen atoms in total.